The van der Waals surface area contributed by atoms with Crippen LogP contribution >= 0.6 is 0 Å². The molecule has 2 fully saturated rings. The summed E-state index contributed by atoms with van der Waals surface area (Å²) in [7, 11) is 0. The van der Waals surface area contributed by atoms with E-state index in [-0.39, 0.29) is 11.5 Å². The molecule has 1 amide bonds. The number of likely N-dealkylation sites (tertiary alicyclic amines) is 1. The lowest BCUT2D eigenvalue weighted by Crippen LogP contribution is -2.47. The molecule has 1 spiro atoms. The van der Waals surface area contributed by atoms with Crippen molar-refractivity contribution < 1.29 is 13.9 Å². The van der Waals surface area contributed by atoms with Gasteiger partial charge in [0.25, 0.3) is 5.91 Å². The van der Waals surface area contributed by atoms with Crippen molar-refractivity contribution in [2.45, 2.75) is 30.9 Å². The number of aromatic nitrogens is 2. The highest BCUT2D eigenvalue weighted by molar-refractivity contribution is 5.92. The molecule has 2 atom stereocenters. The molecular formula is C17H20N4O3. The maximum atomic E-state index is 12.4. The van der Waals surface area contributed by atoms with Gasteiger partial charge in [0.2, 0.25) is 0 Å². The van der Waals surface area contributed by atoms with E-state index >= 15 is 0 Å². The van der Waals surface area contributed by atoms with Gasteiger partial charge in [0.15, 0.2) is 12.1 Å². The van der Waals surface area contributed by atoms with E-state index in [0.717, 1.165) is 25.1 Å². The van der Waals surface area contributed by atoms with Gasteiger partial charge in [-0.15, -0.1) is 0 Å². The van der Waals surface area contributed by atoms with Gasteiger partial charge in [-0.25, -0.2) is 9.97 Å². The number of anilines is 1. The fourth-order valence-electron chi connectivity index (χ4n) is 3.59. The third-order valence-corrected chi connectivity index (χ3v) is 4.76. The van der Waals surface area contributed by atoms with Gasteiger partial charge >= 0.3 is 0 Å². The Kier molecular flexibility index (Phi) is 3.93. The normalized spacial score (nSPS) is 26.7. The number of rotatable bonds is 3. The predicted octanol–water partition coefficient (Wildman–Crippen LogP) is 1.95. The lowest BCUT2D eigenvalue weighted by Gasteiger charge is -2.38. The summed E-state index contributed by atoms with van der Waals surface area (Å²) in [4.78, 5) is 22.5. The first-order valence-electron chi connectivity index (χ1n) is 8.23. The van der Waals surface area contributed by atoms with Gasteiger partial charge in [0.1, 0.15) is 12.1 Å². The molecule has 7 heteroatoms. The van der Waals surface area contributed by atoms with Crippen LogP contribution in [0.25, 0.3) is 0 Å². The molecule has 4 rings (SSSR count). The number of carbonyl (C=O) groups excluding carboxylic acids is 1. The highest BCUT2D eigenvalue weighted by Gasteiger charge is 2.45. The summed E-state index contributed by atoms with van der Waals surface area (Å²) in [6.45, 7) is 1.97. The van der Waals surface area contributed by atoms with Gasteiger partial charge < -0.3 is 19.4 Å². The van der Waals surface area contributed by atoms with Crippen molar-refractivity contribution in [1.29, 1.82) is 0 Å². The van der Waals surface area contributed by atoms with Crippen molar-refractivity contribution in [3.05, 3.63) is 42.7 Å². The number of nitrogens with one attached hydrogen (secondary N) is 1. The first kappa shape index (κ1) is 15.1. The van der Waals surface area contributed by atoms with Crippen molar-refractivity contribution in [1.82, 2.24) is 14.9 Å². The van der Waals surface area contributed by atoms with Gasteiger partial charge in [-0.2, -0.15) is 0 Å². The Balaban J connectivity index is 1.41. The third kappa shape index (κ3) is 2.99. The molecule has 0 bridgehead atoms. The largest absolute Gasteiger partial charge is 0.451 e. The molecule has 0 saturated carbocycles. The second-order valence-corrected chi connectivity index (χ2v) is 6.43. The lowest BCUT2D eigenvalue weighted by molar-refractivity contribution is -0.0721. The molecule has 2 aromatic heterocycles. The Bertz CT molecular complexity index is 691. The van der Waals surface area contributed by atoms with Crippen molar-refractivity contribution in [2.75, 3.05) is 25.0 Å². The molecule has 1 N–H and O–H groups in total. The summed E-state index contributed by atoms with van der Waals surface area (Å²) < 4.78 is 11.0. The van der Waals surface area contributed by atoms with Gasteiger partial charge in [-0.3, -0.25) is 4.79 Å². The summed E-state index contributed by atoms with van der Waals surface area (Å²) in [6, 6.07) is 6.15. The Labute approximate surface area is 140 Å². The highest BCUT2D eigenvalue weighted by Crippen LogP contribution is 2.35. The van der Waals surface area contributed by atoms with Gasteiger partial charge in [0, 0.05) is 25.4 Å². The number of nitrogens with zero attached hydrogens (tertiary/aromatic N) is 3. The van der Waals surface area contributed by atoms with Crippen LogP contribution in [0.2, 0.25) is 0 Å². The molecule has 126 valence electrons. The standard InChI is InChI=1S/C17H20N4O3/c22-16(14-10-23-12-19-14)21-7-5-17(11-21)9-13(4-8-24-17)20-15-3-1-2-6-18-15/h1-3,6,10,12-13H,4-5,7-9,11H2,(H,18,20)/t13-,17-/m0/s1. The number of amides is 1. The van der Waals surface area contributed by atoms with Crippen LogP contribution in [-0.4, -0.2) is 52.1 Å². The zero-order valence-electron chi connectivity index (χ0n) is 13.4. The Morgan fingerprint density at radius 3 is 3.12 bits per heavy atom. The first-order valence-corrected chi connectivity index (χ1v) is 8.23. The van der Waals surface area contributed by atoms with Crippen LogP contribution in [0.15, 0.2) is 41.5 Å². The molecule has 7 nitrogen and oxygen atoms in total. The van der Waals surface area contributed by atoms with Crippen molar-refractivity contribution in [3.63, 3.8) is 0 Å². The highest BCUT2D eigenvalue weighted by atomic mass is 16.5. The quantitative estimate of drug-likeness (QED) is 0.927. The number of ether oxygens (including phenoxy) is 1. The minimum Gasteiger partial charge on any atom is -0.451 e. The van der Waals surface area contributed by atoms with E-state index in [1.807, 2.05) is 18.2 Å². The molecule has 2 aliphatic rings. The Hall–Kier alpha value is -2.41. The molecule has 0 aliphatic carbocycles. The van der Waals surface area contributed by atoms with Crippen molar-refractivity contribution in [2.24, 2.45) is 0 Å². The molecule has 24 heavy (non-hydrogen) atoms. The van der Waals surface area contributed by atoms with Crippen LogP contribution in [0, 0.1) is 0 Å². The second kappa shape index (κ2) is 6.24. The molecule has 0 radical (unpaired) electrons. The van der Waals surface area contributed by atoms with Crippen LogP contribution in [0.1, 0.15) is 29.8 Å². The summed E-state index contributed by atoms with van der Waals surface area (Å²) >= 11 is 0. The van der Waals surface area contributed by atoms with E-state index < -0.39 is 0 Å². The van der Waals surface area contributed by atoms with Crippen LogP contribution in [0.5, 0.6) is 0 Å². The zero-order valence-corrected chi connectivity index (χ0v) is 13.4. The lowest BCUT2D eigenvalue weighted by atomic mass is 9.89. The van der Waals surface area contributed by atoms with Crippen LogP contribution in [0.3, 0.4) is 0 Å². The van der Waals surface area contributed by atoms with E-state index in [4.69, 9.17) is 9.15 Å². The number of carbonyl (C=O) groups is 1. The summed E-state index contributed by atoms with van der Waals surface area (Å²) in [6.07, 6.45) is 7.10. The van der Waals surface area contributed by atoms with Crippen molar-refractivity contribution in [3.8, 4) is 0 Å². The number of hydrogen-bond acceptors (Lipinski definition) is 6. The molecule has 4 heterocycles. The molecule has 2 aliphatic heterocycles. The summed E-state index contributed by atoms with van der Waals surface area (Å²) in [5, 5.41) is 3.48. The fraction of sp³-hybridized carbons (Fsp3) is 0.471. The molecule has 2 aromatic rings. The fourth-order valence-corrected chi connectivity index (χ4v) is 3.59. The molecule has 0 aromatic carbocycles. The topological polar surface area (TPSA) is 80.5 Å². The Morgan fingerprint density at radius 1 is 1.38 bits per heavy atom. The van der Waals surface area contributed by atoms with Gasteiger partial charge in [-0.1, -0.05) is 6.07 Å². The predicted molar refractivity (Wildman–Crippen MR) is 86.6 cm³/mol. The maximum Gasteiger partial charge on any atom is 0.275 e. The van der Waals surface area contributed by atoms with Crippen LogP contribution in [0.4, 0.5) is 5.82 Å². The second-order valence-electron chi connectivity index (χ2n) is 6.43. The van der Waals surface area contributed by atoms with E-state index in [2.05, 4.69) is 15.3 Å². The van der Waals surface area contributed by atoms with Gasteiger partial charge in [0.05, 0.1) is 12.1 Å². The smallest absolute Gasteiger partial charge is 0.275 e. The maximum absolute atomic E-state index is 12.4. The zero-order chi connectivity index (χ0) is 16.4. The number of hydrogen-bond donors (Lipinski definition) is 1. The van der Waals surface area contributed by atoms with E-state index in [0.29, 0.717) is 31.4 Å². The number of pyridine rings is 1. The minimum absolute atomic E-state index is 0.0935. The Morgan fingerprint density at radius 2 is 2.33 bits per heavy atom. The summed E-state index contributed by atoms with van der Waals surface area (Å²) in [5.74, 6) is 0.789. The molecular weight excluding hydrogens is 308 g/mol. The average molecular weight is 328 g/mol. The van der Waals surface area contributed by atoms with Gasteiger partial charge in [-0.05, 0) is 31.4 Å². The number of oxazole rings is 1. The van der Waals surface area contributed by atoms with E-state index in [1.165, 1.54) is 12.7 Å². The minimum atomic E-state index is -0.274. The van der Waals surface area contributed by atoms with E-state index in [9.17, 15) is 4.79 Å². The first-order chi connectivity index (χ1) is 11.7. The monoisotopic (exact) mass is 328 g/mol. The van der Waals surface area contributed by atoms with Crippen molar-refractivity contribution >= 4 is 11.7 Å². The SMILES string of the molecule is O=C(c1cocn1)N1CC[C@]2(C[C@@H](Nc3ccccn3)CCO2)C1. The molecule has 0 unspecified atom stereocenters. The van der Waals surface area contributed by atoms with E-state index in [1.54, 1.807) is 11.1 Å². The van der Waals surface area contributed by atoms with Crippen LogP contribution < -0.4 is 5.32 Å². The van der Waals surface area contributed by atoms with Crippen LogP contribution in [-0.2, 0) is 4.74 Å². The average Bonchev–Trinajstić information content (AvgIpc) is 3.26. The third-order valence-electron chi connectivity index (χ3n) is 4.76. The molecule has 2 saturated heterocycles. The summed E-state index contributed by atoms with van der Waals surface area (Å²) in [5.41, 5.74) is 0.0791.